The molecule has 2 aliphatic heterocycles. The van der Waals surface area contributed by atoms with Crippen LogP contribution >= 0.6 is 12.8 Å². The smallest absolute Gasteiger partial charge is 0.229 e. The third-order valence-corrected chi connectivity index (χ3v) is 7.22. The van der Waals surface area contributed by atoms with Crippen molar-refractivity contribution in [1.29, 1.82) is 0 Å². The van der Waals surface area contributed by atoms with E-state index in [0.29, 0.717) is 12.2 Å². The van der Waals surface area contributed by atoms with Gasteiger partial charge in [-0.05, 0) is 49.4 Å². The predicted octanol–water partition coefficient (Wildman–Crippen LogP) is 3.88. The molecule has 2 fully saturated rings. The zero-order chi connectivity index (χ0) is 22.1. The maximum Gasteiger partial charge on any atom is 0.229 e. The Hall–Kier alpha value is -3.00. The second-order valence-electron chi connectivity index (χ2n) is 8.80. The second-order valence-corrected chi connectivity index (χ2v) is 9.03. The third-order valence-electron chi connectivity index (χ3n) is 6.98. The van der Waals surface area contributed by atoms with Crippen LogP contribution in [0.2, 0.25) is 0 Å². The number of nitrogens with one attached hydrogen (secondary N) is 1. The van der Waals surface area contributed by atoms with Crippen LogP contribution < -0.4 is 15.4 Å². The van der Waals surface area contributed by atoms with Crippen molar-refractivity contribution in [3.63, 3.8) is 0 Å². The van der Waals surface area contributed by atoms with Crippen LogP contribution in [-0.2, 0) is 11.3 Å². The van der Waals surface area contributed by atoms with E-state index in [9.17, 15) is 4.79 Å². The highest BCUT2D eigenvalue weighted by atomic mass is 32.1. The van der Waals surface area contributed by atoms with Crippen LogP contribution in [0.5, 0.6) is 0 Å². The Balaban J connectivity index is 1.30. The number of aromatic nitrogens is 2. The highest BCUT2D eigenvalue weighted by Crippen LogP contribution is 2.42. The number of carbonyl (C=O) groups excluding carboxylic acids is 1. The highest BCUT2D eigenvalue weighted by molar-refractivity contribution is 7.81. The number of nitrogen functional groups attached to an aromatic ring is 1. The molecule has 7 nitrogen and oxygen atoms in total. The van der Waals surface area contributed by atoms with Crippen molar-refractivity contribution in [3.05, 3.63) is 54.2 Å². The Kier molecular flexibility index (Phi) is 5.55. The third kappa shape index (κ3) is 3.72. The molecule has 2 saturated heterocycles. The summed E-state index contributed by atoms with van der Waals surface area (Å²) in [6, 6.07) is 13.7. The van der Waals surface area contributed by atoms with E-state index in [2.05, 4.69) is 27.4 Å². The lowest BCUT2D eigenvalue weighted by molar-refractivity contribution is -0.148. The van der Waals surface area contributed by atoms with Gasteiger partial charge in [-0.25, -0.2) is 4.98 Å². The maximum absolute atomic E-state index is 13.6. The summed E-state index contributed by atoms with van der Waals surface area (Å²) in [6.45, 7) is 2.94. The Morgan fingerprint density at radius 3 is 2.59 bits per heavy atom. The topological polar surface area (TPSA) is 87.4 Å². The molecule has 8 heteroatoms. The Morgan fingerprint density at radius 2 is 1.81 bits per heavy atom. The van der Waals surface area contributed by atoms with Gasteiger partial charge in [0.1, 0.15) is 5.82 Å². The molecule has 2 aliphatic rings. The van der Waals surface area contributed by atoms with Gasteiger partial charge in [-0.3, -0.25) is 9.78 Å². The molecule has 1 spiro atoms. The summed E-state index contributed by atoms with van der Waals surface area (Å²) in [5, 5.41) is 0. The van der Waals surface area contributed by atoms with Gasteiger partial charge in [0.25, 0.3) is 0 Å². The quantitative estimate of drug-likeness (QED) is 0.415. The summed E-state index contributed by atoms with van der Waals surface area (Å²) >= 11 is 4.12. The predicted molar refractivity (Wildman–Crippen MR) is 132 cm³/mol. The first-order valence-corrected chi connectivity index (χ1v) is 11.6. The molecule has 0 radical (unpaired) electrons. The molecule has 0 unspecified atom stereocenters. The van der Waals surface area contributed by atoms with Gasteiger partial charge in [0.15, 0.2) is 0 Å². The normalized spacial score (nSPS) is 18.3. The van der Waals surface area contributed by atoms with E-state index >= 15 is 0 Å². The average molecular weight is 449 g/mol. The minimum absolute atomic E-state index is 0.261. The maximum atomic E-state index is 13.6. The van der Waals surface area contributed by atoms with Crippen LogP contribution in [0.1, 0.15) is 31.2 Å². The lowest BCUT2D eigenvalue weighted by Crippen LogP contribution is -2.53. The summed E-state index contributed by atoms with van der Waals surface area (Å²) in [5.41, 5.74) is 10.2. The molecule has 0 saturated carbocycles. The van der Waals surface area contributed by atoms with Crippen LogP contribution in [0.15, 0.2) is 48.7 Å². The number of amides is 1. The first-order chi connectivity index (χ1) is 15.6. The zero-order valence-electron chi connectivity index (χ0n) is 18.0. The van der Waals surface area contributed by atoms with Crippen LogP contribution in [0, 0.1) is 5.41 Å². The first kappa shape index (κ1) is 20.9. The number of fused-ring (bicyclic) bond motifs is 1. The fourth-order valence-electron chi connectivity index (χ4n) is 5.08. The molecule has 0 bridgehead atoms. The minimum atomic E-state index is -0.285. The standard InChI is InChI=1S/C24H28N6OS/c25-22-17(5-3-8-20(22)28-32)16-30-12-4-9-24(23(30)31)10-13-29(14-11-24)21-15-26-18-6-1-2-7-19(18)27-21/h1-3,5-8,15,28,32H,4,9-14,16,25H2. The van der Waals surface area contributed by atoms with Gasteiger partial charge in [0.05, 0.1) is 34.0 Å². The number of thiol groups is 1. The van der Waals surface area contributed by atoms with E-state index in [1.54, 1.807) is 0 Å². The summed E-state index contributed by atoms with van der Waals surface area (Å²) in [6.07, 6.45) is 5.49. The Labute approximate surface area is 193 Å². The molecule has 3 aromatic rings. The van der Waals surface area contributed by atoms with E-state index in [1.807, 2.05) is 53.6 Å². The molecule has 2 aromatic carbocycles. The molecule has 3 N–H and O–H groups in total. The summed E-state index contributed by atoms with van der Waals surface area (Å²) in [5.74, 6) is 1.15. The van der Waals surface area contributed by atoms with Gasteiger partial charge >= 0.3 is 0 Å². The largest absolute Gasteiger partial charge is 0.397 e. The van der Waals surface area contributed by atoms with Crippen molar-refractivity contribution in [2.45, 2.75) is 32.2 Å². The number of carbonyl (C=O) groups is 1. The molecular formula is C24H28N6OS. The summed E-state index contributed by atoms with van der Waals surface area (Å²) < 4.78 is 2.82. The van der Waals surface area contributed by atoms with Crippen LogP contribution in [0.25, 0.3) is 11.0 Å². The van der Waals surface area contributed by atoms with E-state index in [4.69, 9.17) is 10.7 Å². The molecule has 3 heterocycles. The number of hydrogen-bond acceptors (Lipinski definition) is 7. The first-order valence-electron chi connectivity index (χ1n) is 11.1. The SMILES string of the molecule is Nc1c(CN2CCCC3(CCN(c4cnc5ccccc5n4)CC3)C2=O)cccc1NS. The van der Waals surface area contributed by atoms with Crippen molar-refractivity contribution in [3.8, 4) is 0 Å². The number of benzene rings is 2. The summed E-state index contributed by atoms with van der Waals surface area (Å²) in [4.78, 5) is 27.2. The van der Waals surface area contributed by atoms with Gasteiger partial charge in [0.2, 0.25) is 5.91 Å². The van der Waals surface area contributed by atoms with E-state index in [1.165, 1.54) is 0 Å². The molecular weight excluding hydrogens is 420 g/mol. The van der Waals surface area contributed by atoms with Crippen molar-refractivity contribution in [2.75, 3.05) is 35.0 Å². The second kappa shape index (κ2) is 8.50. The van der Waals surface area contributed by atoms with Gasteiger partial charge in [-0.1, -0.05) is 37.1 Å². The number of piperidine rings is 2. The van der Waals surface area contributed by atoms with Gasteiger partial charge in [-0.2, -0.15) is 0 Å². The number of anilines is 3. The lowest BCUT2D eigenvalue weighted by Gasteiger charge is -2.46. The highest BCUT2D eigenvalue weighted by Gasteiger charge is 2.45. The zero-order valence-corrected chi connectivity index (χ0v) is 18.9. The fourth-order valence-corrected chi connectivity index (χ4v) is 5.28. The van der Waals surface area contributed by atoms with Crippen molar-refractivity contribution >= 4 is 46.9 Å². The number of rotatable bonds is 4. The lowest BCUT2D eigenvalue weighted by atomic mass is 9.71. The number of likely N-dealkylation sites (tertiary alicyclic amines) is 1. The molecule has 5 rings (SSSR count). The fraction of sp³-hybridized carbons (Fsp3) is 0.375. The monoisotopic (exact) mass is 448 g/mol. The van der Waals surface area contributed by atoms with Gasteiger partial charge in [0, 0.05) is 26.2 Å². The van der Waals surface area contributed by atoms with Crippen molar-refractivity contribution in [2.24, 2.45) is 5.41 Å². The minimum Gasteiger partial charge on any atom is -0.397 e. The molecule has 0 aliphatic carbocycles. The number of hydrogen-bond donors (Lipinski definition) is 3. The number of nitrogens with two attached hydrogens (primary N) is 1. The van der Waals surface area contributed by atoms with Crippen molar-refractivity contribution < 1.29 is 4.79 Å². The van der Waals surface area contributed by atoms with E-state index in [-0.39, 0.29) is 11.3 Å². The van der Waals surface area contributed by atoms with E-state index in [0.717, 1.165) is 73.4 Å². The van der Waals surface area contributed by atoms with Crippen LogP contribution in [0.4, 0.5) is 17.2 Å². The molecule has 1 amide bonds. The molecule has 0 atom stereocenters. The Morgan fingerprint density at radius 1 is 1.03 bits per heavy atom. The van der Waals surface area contributed by atoms with Crippen LogP contribution in [0.3, 0.4) is 0 Å². The summed E-state index contributed by atoms with van der Waals surface area (Å²) in [7, 11) is 0. The van der Waals surface area contributed by atoms with Gasteiger partial charge in [-0.15, -0.1) is 0 Å². The van der Waals surface area contributed by atoms with E-state index < -0.39 is 0 Å². The van der Waals surface area contributed by atoms with Crippen LogP contribution in [-0.4, -0.2) is 40.4 Å². The van der Waals surface area contributed by atoms with Crippen molar-refractivity contribution in [1.82, 2.24) is 14.9 Å². The molecule has 166 valence electrons. The van der Waals surface area contributed by atoms with Gasteiger partial charge < -0.3 is 20.3 Å². The Bertz CT molecular complexity index is 1140. The number of para-hydroxylation sites is 3. The number of nitrogens with zero attached hydrogens (tertiary/aromatic N) is 4. The molecule has 1 aromatic heterocycles. The average Bonchev–Trinajstić information content (AvgIpc) is 2.83. The molecule has 32 heavy (non-hydrogen) atoms.